The van der Waals surface area contributed by atoms with Gasteiger partial charge in [-0.2, -0.15) is 0 Å². The summed E-state index contributed by atoms with van der Waals surface area (Å²) in [5.41, 5.74) is 2.95. The van der Waals surface area contributed by atoms with Gasteiger partial charge in [0, 0.05) is 21.5 Å². The van der Waals surface area contributed by atoms with Gasteiger partial charge in [0.1, 0.15) is 5.75 Å². The van der Waals surface area contributed by atoms with Crippen molar-refractivity contribution in [2.24, 2.45) is 0 Å². The molecule has 1 unspecified atom stereocenters. The molecule has 1 aliphatic rings. The minimum atomic E-state index is 0.478. The summed E-state index contributed by atoms with van der Waals surface area (Å²) in [4.78, 5) is 0. The second-order valence-electron chi connectivity index (χ2n) is 4.55. The Hall–Kier alpha value is -1.06. The van der Waals surface area contributed by atoms with Crippen molar-refractivity contribution in [1.82, 2.24) is 5.32 Å². The van der Waals surface area contributed by atoms with E-state index < -0.39 is 0 Å². The van der Waals surface area contributed by atoms with Gasteiger partial charge in [-0.05, 0) is 43.5 Å². The zero-order chi connectivity index (χ0) is 11.8. The van der Waals surface area contributed by atoms with E-state index in [-0.39, 0.29) is 0 Å². The first-order chi connectivity index (χ1) is 8.35. The van der Waals surface area contributed by atoms with Crippen molar-refractivity contribution in [1.29, 1.82) is 0 Å². The fourth-order valence-electron chi connectivity index (χ4n) is 2.87. The molecule has 0 aliphatic heterocycles. The second kappa shape index (κ2) is 4.31. The highest BCUT2D eigenvalue weighted by atomic mass is 32.1. The number of rotatable bonds is 2. The number of hydrogen-bond acceptors (Lipinski definition) is 3. The number of methoxy groups -OCH3 is 1. The SMILES string of the molecule is CNC1CCCc2ccc3scc(OC)c3c21. The van der Waals surface area contributed by atoms with Crippen LogP contribution in [-0.2, 0) is 6.42 Å². The van der Waals surface area contributed by atoms with E-state index in [1.54, 1.807) is 18.4 Å². The second-order valence-corrected chi connectivity index (χ2v) is 5.46. The van der Waals surface area contributed by atoms with Gasteiger partial charge in [0.15, 0.2) is 0 Å². The van der Waals surface area contributed by atoms with Crippen LogP contribution in [0.15, 0.2) is 17.5 Å². The summed E-state index contributed by atoms with van der Waals surface area (Å²) in [5, 5.41) is 6.89. The van der Waals surface area contributed by atoms with Crippen LogP contribution in [-0.4, -0.2) is 14.2 Å². The highest BCUT2D eigenvalue weighted by molar-refractivity contribution is 7.17. The number of nitrogens with one attached hydrogen (secondary N) is 1. The molecule has 1 heterocycles. The summed E-state index contributed by atoms with van der Waals surface area (Å²) < 4.78 is 6.84. The first-order valence-corrected chi connectivity index (χ1v) is 6.97. The van der Waals surface area contributed by atoms with Crippen LogP contribution in [0.2, 0.25) is 0 Å². The topological polar surface area (TPSA) is 21.3 Å². The Labute approximate surface area is 106 Å². The Morgan fingerprint density at radius 1 is 1.41 bits per heavy atom. The van der Waals surface area contributed by atoms with Crippen molar-refractivity contribution < 1.29 is 4.74 Å². The average Bonchev–Trinajstić information content (AvgIpc) is 2.81. The lowest BCUT2D eigenvalue weighted by molar-refractivity contribution is 0.419. The molecule has 1 atom stereocenters. The molecule has 0 saturated heterocycles. The number of aryl methyl sites for hydroxylation is 1. The maximum Gasteiger partial charge on any atom is 0.137 e. The lowest BCUT2D eigenvalue weighted by Gasteiger charge is -2.26. The van der Waals surface area contributed by atoms with Gasteiger partial charge in [-0.15, -0.1) is 11.3 Å². The smallest absolute Gasteiger partial charge is 0.137 e. The number of thiophene rings is 1. The molecule has 3 heteroatoms. The first kappa shape index (κ1) is 11.1. The minimum absolute atomic E-state index is 0.478. The molecule has 0 radical (unpaired) electrons. The monoisotopic (exact) mass is 247 g/mol. The van der Waals surface area contributed by atoms with Crippen molar-refractivity contribution in [3.63, 3.8) is 0 Å². The summed E-state index contributed by atoms with van der Waals surface area (Å²) in [6.45, 7) is 0. The predicted octanol–water partition coefficient (Wildman–Crippen LogP) is 3.51. The quantitative estimate of drug-likeness (QED) is 0.877. The number of hydrogen-bond donors (Lipinski definition) is 1. The maximum absolute atomic E-state index is 5.51. The highest BCUT2D eigenvalue weighted by Crippen LogP contribution is 2.42. The summed E-state index contributed by atoms with van der Waals surface area (Å²) in [7, 11) is 3.82. The van der Waals surface area contributed by atoms with Crippen LogP contribution < -0.4 is 10.1 Å². The summed E-state index contributed by atoms with van der Waals surface area (Å²) in [6, 6.07) is 5.00. The van der Waals surface area contributed by atoms with Gasteiger partial charge >= 0.3 is 0 Å². The van der Waals surface area contributed by atoms with Gasteiger partial charge < -0.3 is 10.1 Å². The average molecular weight is 247 g/mol. The van der Waals surface area contributed by atoms with E-state index in [2.05, 4.69) is 29.9 Å². The number of benzene rings is 1. The Morgan fingerprint density at radius 3 is 3.06 bits per heavy atom. The molecule has 1 aromatic carbocycles. The van der Waals surface area contributed by atoms with Gasteiger partial charge in [-0.1, -0.05) is 6.07 Å². The van der Waals surface area contributed by atoms with Gasteiger partial charge in [0.2, 0.25) is 0 Å². The van der Waals surface area contributed by atoms with Crippen LogP contribution in [0.4, 0.5) is 0 Å². The van der Waals surface area contributed by atoms with Crippen molar-refractivity contribution >= 4 is 21.4 Å². The third kappa shape index (κ3) is 1.65. The van der Waals surface area contributed by atoms with Crippen molar-refractivity contribution in [2.45, 2.75) is 25.3 Å². The van der Waals surface area contributed by atoms with E-state index in [9.17, 15) is 0 Å². The third-order valence-electron chi connectivity index (χ3n) is 3.69. The summed E-state index contributed by atoms with van der Waals surface area (Å²) >= 11 is 1.77. The highest BCUT2D eigenvalue weighted by Gasteiger charge is 2.23. The normalized spacial score (nSPS) is 19.3. The molecule has 0 fully saturated rings. The first-order valence-electron chi connectivity index (χ1n) is 6.09. The van der Waals surface area contributed by atoms with E-state index in [0.717, 1.165) is 5.75 Å². The number of fused-ring (bicyclic) bond motifs is 3. The van der Waals surface area contributed by atoms with Crippen LogP contribution in [0.1, 0.15) is 30.0 Å². The molecular weight excluding hydrogens is 230 g/mol. The Bertz CT molecular complexity index is 546. The van der Waals surface area contributed by atoms with Gasteiger partial charge in [-0.25, -0.2) is 0 Å². The zero-order valence-electron chi connectivity index (χ0n) is 10.2. The molecule has 2 aromatic rings. The molecule has 0 amide bonds. The van der Waals surface area contributed by atoms with Gasteiger partial charge in [0.25, 0.3) is 0 Å². The molecule has 1 aliphatic carbocycles. The molecule has 0 spiro atoms. The van der Waals surface area contributed by atoms with Crippen LogP contribution >= 0.6 is 11.3 Å². The molecule has 1 aromatic heterocycles. The molecule has 0 saturated carbocycles. The van der Waals surface area contributed by atoms with E-state index in [0.29, 0.717) is 6.04 Å². The van der Waals surface area contributed by atoms with E-state index in [4.69, 9.17) is 4.74 Å². The lowest BCUT2D eigenvalue weighted by atomic mass is 9.85. The molecule has 3 rings (SSSR count). The Kier molecular flexibility index (Phi) is 2.81. The molecule has 1 N–H and O–H groups in total. The van der Waals surface area contributed by atoms with Crippen LogP contribution in [0, 0.1) is 0 Å². The van der Waals surface area contributed by atoms with E-state index >= 15 is 0 Å². The fourth-order valence-corrected chi connectivity index (χ4v) is 3.79. The maximum atomic E-state index is 5.51. The van der Waals surface area contributed by atoms with Gasteiger partial charge in [0.05, 0.1) is 7.11 Å². The molecule has 90 valence electrons. The van der Waals surface area contributed by atoms with Crippen LogP contribution in [0.25, 0.3) is 10.1 Å². The Morgan fingerprint density at radius 2 is 2.29 bits per heavy atom. The van der Waals surface area contributed by atoms with E-state index in [1.165, 1.54) is 40.5 Å². The number of ether oxygens (including phenoxy) is 1. The van der Waals surface area contributed by atoms with E-state index in [1.807, 2.05) is 0 Å². The van der Waals surface area contributed by atoms with Crippen molar-refractivity contribution in [3.05, 3.63) is 28.6 Å². The lowest BCUT2D eigenvalue weighted by Crippen LogP contribution is -2.21. The summed E-state index contributed by atoms with van der Waals surface area (Å²) in [5.74, 6) is 1.03. The Balaban J connectivity index is 2.30. The van der Waals surface area contributed by atoms with Crippen molar-refractivity contribution in [3.8, 4) is 5.75 Å². The third-order valence-corrected chi connectivity index (χ3v) is 4.62. The molecule has 17 heavy (non-hydrogen) atoms. The standard InChI is InChI=1S/C14H17NOS/c1-15-10-5-3-4-9-6-7-12-14(13(9)10)11(16-2)8-17-12/h6-8,10,15H,3-5H2,1-2H3. The van der Waals surface area contributed by atoms with Crippen molar-refractivity contribution in [2.75, 3.05) is 14.2 Å². The largest absolute Gasteiger partial charge is 0.495 e. The molecule has 0 bridgehead atoms. The van der Waals surface area contributed by atoms with Crippen LogP contribution in [0.3, 0.4) is 0 Å². The molecule has 2 nitrogen and oxygen atoms in total. The zero-order valence-corrected chi connectivity index (χ0v) is 11.1. The minimum Gasteiger partial charge on any atom is -0.495 e. The predicted molar refractivity (Wildman–Crippen MR) is 73.1 cm³/mol. The van der Waals surface area contributed by atoms with Gasteiger partial charge in [-0.3, -0.25) is 0 Å². The summed E-state index contributed by atoms with van der Waals surface area (Å²) in [6.07, 6.45) is 3.69. The fraction of sp³-hybridized carbons (Fsp3) is 0.429. The molecular formula is C14H17NOS. The van der Waals surface area contributed by atoms with Crippen LogP contribution in [0.5, 0.6) is 5.75 Å².